The van der Waals surface area contributed by atoms with Crippen molar-refractivity contribution in [3.63, 3.8) is 0 Å². The second-order valence-corrected chi connectivity index (χ2v) is 5.91. The van der Waals surface area contributed by atoms with Gasteiger partial charge in [-0.2, -0.15) is 0 Å². The first-order valence-corrected chi connectivity index (χ1v) is 6.02. The smallest absolute Gasteiger partial charge is 0.231 e. The van der Waals surface area contributed by atoms with Crippen LogP contribution >= 0.6 is 0 Å². The summed E-state index contributed by atoms with van der Waals surface area (Å²) in [5, 5.41) is 3.06. The summed E-state index contributed by atoms with van der Waals surface area (Å²) in [4.78, 5) is 12.3. The van der Waals surface area contributed by atoms with Crippen LogP contribution in [0.2, 0.25) is 0 Å². The van der Waals surface area contributed by atoms with E-state index in [9.17, 15) is 4.79 Å². The van der Waals surface area contributed by atoms with Gasteiger partial charge >= 0.3 is 0 Å². The lowest BCUT2D eigenvalue weighted by atomic mass is 9.93. The summed E-state index contributed by atoms with van der Waals surface area (Å²) in [6.07, 6.45) is 1.86. The van der Waals surface area contributed by atoms with Crippen LogP contribution in [0.15, 0.2) is 24.3 Å². The van der Waals surface area contributed by atoms with Crippen LogP contribution in [0.1, 0.15) is 39.2 Å². The number of anilines is 1. The van der Waals surface area contributed by atoms with E-state index >= 15 is 0 Å². The van der Waals surface area contributed by atoms with Crippen LogP contribution in [-0.4, -0.2) is 11.4 Å². The number of rotatable bonds is 2. The summed E-state index contributed by atoms with van der Waals surface area (Å²) in [7, 11) is 0. The molecule has 0 aliphatic heterocycles. The molecule has 0 unspecified atom stereocenters. The average molecular weight is 232 g/mol. The molecule has 3 nitrogen and oxygen atoms in total. The van der Waals surface area contributed by atoms with Crippen LogP contribution in [0.25, 0.3) is 0 Å². The lowest BCUT2D eigenvalue weighted by molar-refractivity contribution is -0.125. The van der Waals surface area contributed by atoms with Gasteiger partial charge < -0.3 is 11.1 Å². The van der Waals surface area contributed by atoms with E-state index in [-0.39, 0.29) is 16.9 Å². The fourth-order valence-corrected chi connectivity index (χ4v) is 2.03. The quantitative estimate of drug-likeness (QED) is 0.768. The maximum absolute atomic E-state index is 12.3. The van der Waals surface area contributed by atoms with Gasteiger partial charge in [-0.3, -0.25) is 4.79 Å². The largest absolute Gasteiger partial charge is 0.399 e. The van der Waals surface area contributed by atoms with Gasteiger partial charge in [0.05, 0.1) is 5.41 Å². The van der Waals surface area contributed by atoms with Gasteiger partial charge in [-0.05, 0) is 51.3 Å². The monoisotopic (exact) mass is 232 g/mol. The van der Waals surface area contributed by atoms with E-state index in [1.165, 1.54) is 0 Å². The number of amides is 1. The van der Waals surface area contributed by atoms with Crippen LogP contribution < -0.4 is 11.1 Å². The molecule has 1 aromatic carbocycles. The normalized spacial score (nSPS) is 17.6. The molecule has 0 aromatic heterocycles. The Balaban J connectivity index is 2.20. The van der Waals surface area contributed by atoms with E-state index in [0.717, 1.165) is 24.1 Å². The first-order chi connectivity index (χ1) is 7.83. The number of nitrogen functional groups attached to an aromatic ring is 1. The maximum Gasteiger partial charge on any atom is 0.231 e. The van der Waals surface area contributed by atoms with Crippen molar-refractivity contribution in [2.75, 3.05) is 5.73 Å². The minimum atomic E-state index is -0.305. The van der Waals surface area contributed by atoms with Crippen molar-refractivity contribution in [2.45, 2.75) is 44.6 Å². The Bertz CT molecular complexity index is 425. The van der Waals surface area contributed by atoms with Crippen molar-refractivity contribution in [1.82, 2.24) is 5.32 Å². The topological polar surface area (TPSA) is 55.1 Å². The van der Waals surface area contributed by atoms with Crippen molar-refractivity contribution in [3.8, 4) is 0 Å². The highest BCUT2D eigenvalue weighted by Gasteiger charge is 2.51. The number of nitrogens with one attached hydrogen (secondary N) is 1. The van der Waals surface area contributed by atoms with E-state index in [4.69, 9.17) is 5.73 Å². The van der Waals surface area contributed by atoms with Crippen molar-refractivity contribution < 1.29 is 4.79 Å². The molecule has 3 heteroatoms. The summed E-state index contributed by atoms with van der Waals surface area (Å²) >= 11 is 0. The fraction of sp³-hybridized carbons (Fsp3) is 0.500. The van der Waals surface area contributed by atoms with Crippen LogP contribution in [0, 0.1) is 0 Å². The number of benzene rings is 1. The molecule has 17 heavy (non-hydrogen) atoms. The van der Waals surface area contributed by atoms with Crippen molar-refractivity contribution in [3.05, 3.63) is 29.8 Å². The average Bonchev–Trinajstić information content (AvgIpc) is 2.97. The fourth-order valence-electron chi connectivity index (χ4n) is 2.03. The predicted molar refractivity (Wildman–Crippen MR) is 69.7 cm³/mol. The molecule has 1 amide bonds. The molecule has 1 saturated carbocycles. The van der Waals surface area contributed by atoms with E-state index in [1.807, 2.05) is 45.0 Å². The zero-order valence-corrected chi connectivity index (χ0v) is 10.7. The highest BCUT2D eigenvalue weighted by Crippen LogP contribution is 2.48. The molecule has 92 valence electrons. The van der Waals surface area contributed by atoms with E-state index in [2.05, 4.69) is 5.32 Å². The van der Waals surface area contributed by atoms with Crippen molar-refractivity contribution in [2.24, 2.45) is 0 Å². The van der Waals surface area contributed by atoms with Crippen LogP contribution in [0.4, 0.5) is 5.69 Å². The molecule has 1 aliphatic rings. The molecule has 0 heterocycles. The zero-order valence-electron chi connectivity index (χ0n) is 10.7. The van der Waals surface area contributed by atoms with Gasteiger partial charge in [0, 0.05) is 11.2 Å². The molecule has 0 spiro atoms. The van der Waals surface area contributed by atoms with Crippen LogP contribution in [-0.2, 0) is 10.2 Å². The van der Waals surface area contributed by atoms with Gasteiger partial charge in [0.15, 0.2) is 0 Å². The van der Waals surface area contributed by atoms with Gasteiger partial charge in [-0.25, -0.2) is 0 Å². The summed E-state index contributed by atoms with van der Waals surface area (Å²) < 4.78 is 0. The highest BCUT2D eigenvalue weighted by molar-refractivity contribution is 5.91. The molecule has 1 fully saturated rings. The molecule has 3 N–H and O–H groups in total. The molecule has 2 rings (SSSR count). The lowest BCUT2D eigenvalue weighted by Gasteiger charge is -2.25. The van der Waals surface area contributed by atoms with E-state index in [0.29, 0.717) is 0 Å². The SMILES string of the molecule is CC(C)(C)NC(=O)C1(c2ccc(N)cc2)CC1. The molecule has 1 aromatic rings. The number of carbonyl (C=O) groups excluding carboxylic acids is 1. The Morgan fingerprint density at radius 2 is 1.76 bits per heavy atom. The molecule has 0 atom stereocenters. The summed E-state index contributed by atoms with van der Waals surface area (Å²) in [5.41, 5.74) is 7.00. The predicted octanol–water partition coefficient (Wildman–Crippen LogP) is 2.22. The van der Waals surface area contributed by atoms with E-state index in [1.54, 1.807) is 0 Å². The Morgan fingerprint density at radius 3 is 2.18 bits per heavy atom. The van der Waals surface area contributed by atoms with Gasteiger partial charge in [0.1, 0.15) is 0 Å². The third-order valence-electron chi connectivity index (χ3n) is 3.14. The van der Waals surface area contributed by atoms with E-state index < -0.39 is 0 Å². The zero-order chi connectivity index (χ0) is 12.7. The molecular formula is C14H20N2O. The lowest BCUT2D eigenvalue weighted by Crippen LogP contribution is -2.46. The second-order valence-electron chi connectivity index (χ2n) is 5.91. The summed E-state index contributed by atoms with van der Waals surface area (Å²) in [6.45, 7) is 6.01. The molecule has 0 bridgehead atoms. The highest BCUT2D eigenvalue weighted by atomic mass is 16.2. The minimum absolute atomic E-state index is 0.134. The standard InChI is InChI=1S/C14H20N2O/c1-13(2,3)16-12(17)14(8-9-14)10-4-6-11(15)7-5-10/h4-7H,8-9,15H2,1-3H3,(H,16,17). The second kappa shape index (κ2) is 3.76. The molecule has 0 saturated heterocycles. The van der Waals surface area contributed by atoms with Gasteiger partial charge in [0.25, 0.3) is 0 Å². The first-order valence-electron chi connectivity index (χ1n) is 6.02. The number of hydrogen-bond donors (Lipinski definition) is 2. The number of nitrogens with two attached hydrogens (primary N) is 1. The van der Waals surface area contributed by atoms with Gasteiger partial charge in [0.2, 0.25) is 5.91 Å². The molecule has 1 aliphatic carbocycles. The van der Waals surface area contributed by atoms with Crippen molar-refractivity contribution in [1.29, 1.82) is 0 Å². The third-order valence-corrected chi connectivity index (χ3v) is 3.14. The Hall–Kier alpha value is -1.51. The molecule has 0 radical (unpaired) electrons. The first kappa shape index (κ1) is 12.0. The Kier molecular flexibility index (Phi) is 2.64. The molecular weight excluding hydrogens is 212 g/mol. The summed E-state index contributed by atoms with van der Waals surface area (Å²) in [5.74, 6) is 0.134. The van der Waals surface area contributed by atoms with Gasteiger partial charge in [-0.1, -0.05) is 12.1 Å². The third kappa shape index (κ3) is 2.43. The van der Waals surface area contributed by atoms with Gasteiger partial charge in [-0.15, -0.1) is 0 Å². The van der Waals surface area contributed by atoms with Crippen LogP contribution in [0.3, 0.4) is 0 Å². The number of carbonyl (C=O) groups is 1. The van der Waals surface area contributed by atoms with Crippen LogP contribution in [0.5, 0.6) is 0 Å². The Labute approximate surface area is 102 Å². The minimum Gasteiger partial charge on any atom is -0.399 e. The van der Waals surface area contributed by atoms with Crippen molar-refractivity contribution >= 4 is 11.6 Å². The maximum atomic E-state index is 12.3. The summed E-state index contributed by atoms with van der Waals surface area (Å²) in [6, 6.07) is 7.65. The number of hydrogen-bond acceptors (Lipinski definition) is 2. The Morgan fingerprint density at radius 1 is 1.24 bits per heavy atom.